The zero-order valence-corrected chi connectivity index (χ0v) is 14.5. The van der Waals surface area contributed by atoms with E-state index in [0.29, 0.717) is 32.5 Å². The van der Waals surface area contributed by atoms with Gasteiger partial charge in [-0.1, -0.05) is 19.8 Å². The SMILES string of the molecule is CCCCOCCCN/C=C(/C#N)C(=O)NCCCCCC(=O)O. The predicted molar refractivity (Wildman–Crippen MR) is 91.2 cm³/mol. The highest BCUT2D eigenvalue weighted by atomic mass is 16.5. The minimum absolute atomic E-state index is 0.0347. The zero-order chi connectivity index (χ0) is 18.0. The second-order valence-electron chi connectivity index (χ2n) is 5.40. The Morgan fingerprint density at radius 2 is 1.88 bits per heavy atom. The second-order valence-corrected chi connectivity index (χ2v) is 5.40. The number of nitrogens with zero attached hydrogens (tertiary/aromatic N) is 1. The van der Waals surface area contributed by atoms with Gasteiger partial charge in [-0.05, 0) is 25.7 Å². The van der Waals surface area contributed by atoms with Crippen molar-refractivity contribution in [2.75, 3.05) is 26.3 Å². The fourth-order valence-corrected chi connectivity index (χ4v) is 1.82. The molecule has 0 radical (unpaired) electrons. The number of amides is 1. The Bertz CT molecular complexity index is 430. The summed E-state index contributed by atoms with van der Waals surface area (Å²) in [6, 6.07) is 1.87. The summed E-state index contributed by atoms with van der Waals surface area (Å²) in [5.74, 6) is -1.22. The largest absolute Gasteiger partial charge is 0.481 e. The van der Waals surface area contributed by atoms with Gasteiger partial charge in [0.1, 0.15) is 11.6 Å². The Morgan fingerprint density at radius 1 is 1.12 bits per heavy atom. The Labute approximate surface area is 144 Å². The van der Waals surface area contributed by atoms with Gasteiger partial charge in [-0.3, -0.25) is 9.59 Å². The Morgan fingerprint density at radius 3 is 2.54 bits per heavy atom. The quantitative estimate of drug-likeness (QED) is 0.239. The molecule has 1 amide bonds. The van der Waals surface area contributed by atoms with Gasteiger partial charge in [0, 0.05) is 38.9 Å². The first-order valence-corrected chi connectivity index (χ1v) is 8.53. The molecule has 0 rings (SSSR count). The van der Waals surface area contributed by atoms with Gasteiger partial charge < -0.3 is 20.5 Å². The van der Waals surface area contributed by atoms with E-state index >= 15 is 0 Å². The van der Waals surface area contributed by atoms with Crippen molar-refractivity contribution in [2.24, 2.45) is 0 Å². The number of nitriles is 1. The van der Waals surface area contributed by atoms with Crippen LogP contribution in [0, 0.1) is 11.3 Å². The van der Waals surface area contributed by atoms with Crippen LogP contribution in [0.2, 0.25) is 0 Å². The van der Waals surface area contributed by atoms with Crippen LogP contribution in [0.4, 0.5) is 0 Å². The summed E-state index contributed by atoms with van der Waals surface area (Å²) in [7, 11) is 0. The molecule has 24 heavy (non-hydrogen) atoms. The molecule has 0 aliphatic heterocycles. The Hall–Kier alpha value is -2.07. The third-order valence-electron chi connectivity index (χ3n) is 3.22. The van der Waals surface area contributed by atoms with Gasteiger partial charge in [0.05, 0.1) is 0 Å². The monoisotopic (exact) mass is 339 g/mol. The molecule has 136 valence electrons. The molecule has 7 nitrogen and oxygen atoms in total. The number of aliphatic carboxylic acids is 1. The van der Waals surface area contributed by atoms with Crippen molar-refractivity contribution in [3.05, 3.63) is 11.8 Å². The number of hydrogen-bond acceptors (Lipinski definition) is 5. The molecule has 0 aliphatic carbocycles. The lowest BCUT2D eigenvalue weighted by Crippen LogP contribution is -2.26. The summed E-state index contributed by atoms with van der Waals surface area (Å²) < 4.78 is 5.41. The number of carboxylic acids is 1. The summed E-state index contributed by atoms with van der Waals surface area (Å²) in [6.45, 7) is 4.61. The third kappa shape index (κ3) is 13.6. The van der Waals surface area contributed by atoms with Gasteiger partial charge >= 0.3 is 5.97 Å². The fraction of sp³-hybridized carbons (Fsp3) is 0.706. The van der Waals surface area contributed by atoms with Gasteiger partial charge in [-0.25, -0.2) is 0 Å². The number of ether oxygens (including phenoxy) is 1. The number of carbonyl (C=O) groups is 2. The standard InChI is InChI=1S/C17H29N3O4/c1-2-3-11-24-12-7-9-19-14-15(13-18)17(23)20-10-6-4-5-8-16(21)22/h14,19H,2-12H2,1H3,(H,20,23)(H,21,22)/b15-14-. The van der Waals surface area contributed by atoms with Gasteiger partial charge in [-0.2, -0.15) is 5.26 Å². The highest BCUT2D eigenvalue weighted by Gasteiger charge is 2.07. The van der Waals surface area contributed by atoms with E-state index in [1.165, 1.54) is 6.20 Å². The highest BCUT2D eigenvalue weighted by Crippen LogP contribution is 1.99. The minimum atomic E-state index is -0.810. The molecule has 0 fully saturated rings. The lowest BCUT2D eigenvalue weighted by atomic mass is 10.2. The summed E-state index contributed by atoms with van der Waals surface area (Å²) >= 11 is 0. The maximum absolute atomic E-state index is 11.8. The molecule has 0 saturated heterocycles. The molecule has 3 N–H and O–H groups in total. The maximum Gasteiger partial charge on any atom is 0.303 e. The van der Waals surface area contributed by atoms with E-state index in [0.717, 1.165) is 32.3 Å². The summed E-state index contributed by atoms with van der Waals surface area (Å²) in [6.07, 6.45) is 6.56. The molecule has 0 aliphatic rings. The minimum Gasteiger partial charge on any atom is -0.481 e. The first kappa shape index (κ1) is 21.9. The Kier molecular flexibility index (Phi) is 14.4. The molecule has 0 unspecified atom stereocenters. The van der Waals surface area contributed by atoms with Crippen LogP contribution in [-0.4, -0.2) is 43.3 Å². The molecule has 0 aromatic carbocycles. The normalized spacial score (nSPS) is 10.9. The first-order valence-electron chi connectivity index (χ1n) is 8.53. The van der Waals surface area contributed by atoms with Crippen LogP contribution in [-0.2, 0) is 14.3 Å². The van der Waals surface area contributed by atoms with E-state index < -0.39 is 11.9 Å². The van der Waals surface area contributed by atoms with E-state index in [1.807, 2.05) is 6.07 Å². The van der Waals surface area contributed by atoms with Crippen LogP contribution < -0.4 is 10.6 Å². The maximum atomic E-state index is 11.8. The van der Waals surface area contributed by atoms with Crippen molar-refractivity contribution in [3.8, 4) is 6.07 Å². The van der Waals surface area contributed by atoms with Gasteiger partial charge in [0.25, 0.3) is 5.91 Å². The molecule has 0 aromatic heterocycles. The van der Waals surface area contributed by atoms with Crippen LogP contribution in [0.5, 0.6) is 0 Å². The van der Waals surface area contributed by atoms with E-state index in [1.54, 1.807) is 0 Å². The molecule has 0 heterocycles. The smallest absolute Gasteiger partial charge is 0.303 e. The van der Waals surface area contributed by atoms with Crippen molar-refractivity contribution < 1.29 is 19.4 Å². The second kappa shape index (κ2) is 15.8. The molecular weight excluding hydrogens is 310 g/mol. The molecule has 7 heteroatoms. The molecule has 0 bridgehead atoms. The lowest BCUT2D eigenvalue weighted by molar-refractivity contribution is -0.137. The van der Waals surface area contributed by atoms with Crippen molar-refractivity contribution in [1.29, 1.82) is 5.26 Å². The van der Waals surface area contributed by atoms with E-state index in [9.17, 15) is 9.59 Å². The van der Waals surface area contributed by atoms with Crippen LogP contribution in [0.15, 0.2) is 11.8 Å². The number of carboxylic acid groups (broad SMARTS) is 1. The van der Waals surface area contributed by atoms with Gasteiger partial charge in [0.15, 0.2) is 0 Å². The summed E-state index contributed by atoms with van der Waals surface area (Å²) in [5.41, 5.74) is 0.0347. The topological polar surface area (TPSA) is 111 Å². The molecular formula is C17H29N3O4. The molecule has 0 atom stereocenters. The third-order valence-corrected chi connectivity index (χ3v) is 3.22. The fourth-order valence-electron chi connectivity index (χ4n) is 1.82. The van der Waals surface area contributed by atoms with E-state index in [4.69, 9.17) is 15.1 Å². The summed E-state index contributed by atoms with van der Waals surface area (Å²) in [5, 5.41) is 23.1. The van der Waals surface area contributed by atoms with E-state index in [2.05, 4.69) is 17.6 Å². The average molecular weight is 339 g/mol. The number of nitrogens with one attached hydrogen (secondary N) is 2. The van der Waals surface area contributed by atoms with Gasteiger partial charge in [0.2, 0.25) is 0 Å². The number of unbranched alkanes of at least 4 members (excludes halogenated alkanes) is 3. The van der Waals surface area contributed by atoms with Crippen molar-refractivity contribution in [2.45, 2.75) is 51.9 Å². The van der Waals surface area contributed by atoms with Crippen LogP contribution in [0.1, 0.15) is 51.9 Å². The van der Waals surface area contributed by atoms with E-state index in [-0.39, 0.29) is 12.0 Å². The highest BCUT2D eigenvalue weighted by molar-refractivity contribution is 5.97. The van der Waals surface area contributed by atoms with Crippen molar-refractivity contribution >= 4 is 11.9 Å². The summed E-state index contributed by atoms with van der Waals surface area (Å²) in [4.78, 5) is 22.1. The first-order chi connectivity index (χ1) is 11.6. The molecule has 0 saturated carbocycles. The number of carbonyl (C=O) groups excluding carboxylic acids is 1. The van der Waals surface area contributed by atoms with Crippen LogP contribution in [0.3, 0.4) is 0 Å². The predicted octanol–water partition coefficient (Wildman–Crippen LogP) is 1.95. The number of rotatable bonds is 15. The zero-order valence-electron chi connectivity index (χ0n) is 14.5. The average Bonchev–Trinajstić information content (AvgIpc) is 2.56. The van der Waals surface area contributed by atoms with Crippen molar-refractivity contribution in [1.82, 2.24) is 10.6 Å². The van der Waals surface area contributed by atoms with Crippen LogP contribution >= 0.6 is 0 Å². The molecule has 0 aromatic rings. The Balaban J connectivity index is 3.75. The van der Waals surface area contributed by atoms with Crippen molar-refractivity contribution in [3.63, 3.8) is 0 Å². The lowest BCUT2D eigenvalue weighted by Gasteiger charge is -2.05. The van der Waals surface area contributed by atoms with Crippen LogP contribution in [0.25, 0.3) is 0 Å². The van der Waals surface area contributed by atoms with Gasteiger partial charge in [-0.15, -0.1) is 0 Å². The molecule has 0 spiro atoms. The number of hydrogen-bond donors (Lipinski definition) is 3.